The maximum absolute atomic E-state index is 13.4. The van der Waals surface area contributed by atoms with E-state index in [1.807, 2.05) is 24.3 Å². The average Bonchev–Trinajstić information content (AvgIpc) is 2.42. The minimum Gasteiger partial charge on any atom is -0.294 e. The monoisotopic (exact) mass is 334 g/mol. The molecule has 0 amide bonds. The third kappa shape index (κ3) is 3.54. The molecule has 0 N–H and O–H groups in total. The standard InChI is InChI=1S/C17H16BrFO/c1-11(2)13-5-3-12(4-6-13)9-17(20)14-7-8-15(18)16(19)10-14/h3-8,10-11H,9H2,1-2H3. The number of hydrogen-bond donors (Lipinski definition) is 0. The van der Waals surface area contributed by atoms with Crippen LogP contribution in [0.2, 0.25) is 0 Å². The molecule has 2 rings (SSSR count). The second-order valence-corrected chi connectivity index (χ2v) is 5.98. The van der Waals surface area contributed by atoms with Gasteiger partial charge in [0.15, 0.2) is 5.78 Å². The molecule has 0 unspecified atom stereocenters. The molecule has 0 aliphatic rings. The average molecular weight is 335 g/mol. The van der Waals surface area contributed by atoms with E-state index in [1.165, 1.54) is 11.6 Å². The fourth-order valence-corrected chi connectivity index (χ4v) is 2.22. The van der Waals surface area contributed by atoms with Crippen LogP contribution in [0.25, 0.3) is 0 Å². The maximum Gasteiger partial charge on any atom is 0.167 e. The summed E-state index contributed by atoms with van der Waals surface area (Å²) in [4.78, 5) is 12.1. The highest BCUT2D eigenvalue weighted by molar-refractivity contribution is 9.10. The number of benzene rings is 2. The molecule has 1 nitrogen and oxygen atoms in total. The van der Waals surface area contributed by atoms with Crippen LogP contribution in [0.15, 0.2) is 46.9 Å². The molecule has 2 aromatic carbocycles. The molecule has 104 valence electrons. The van der Waals surface area contributed by atoms with E-state index in [2.05, 4.69) is 29.8 Å². The smallest absolute Gasteiger partial charge is 0.167 e. The Morgan fingerprint density at radius 3 is 2.35 bits per heavy atom. The zero-order valence-electron chi connectivity index (χ0n) is 11.5. The lowest BCUT2D eigenvalue weighted by Gasteiger charge is -2.07. The van der Waals surface area contributed by atoms with E-state index >= 15 is 0 Å². The van der Waals surface area contributed by atoms with Gasteiger partial charge in [0.2, 0.25) is 0 Å². The van der Waals surface area contributed by atoms with E-state index in [-0.39, 0.29) is 5.78 Å². The second kappa shape index (κ2) is 6.31. The summed E-state index contributed by atoms with van der Waals surface area (Å²) in [6, 6.07) is 12.5. The van der Waals surface area contributed by atoms with E-state index in [4.69, 9.17) is 0 Å². The quantitative estimate of drug-likeness (QED) is 0.707. The first-order chi connectivity index (χ1) is 9.47. The molecule has 20 heavy (non-hydrogen) atoms. The summed E-state index contributed by atoms with van der Waals surface area (Å²) in [5, 5.41) is 0. The van der Waals surface area contributed by atoms with Gasteiger partial charge >= 0.3 is 0 Å². The van der Waals surface area contributed by atoms with Crippen LogP contribution in [0.4, 0.5) is 4.39 Å². The van der Waals surface area contributed by atoms with Crippen molar-refractivity contribution in [3.63, 3.8) is 0 Å². The van der Waals surface area contributed by atoms with E-state index in [0.717, 1.165) is 5.56 Å². The highest BCUT2D eigenvalue weighted by Gasteiger charge is 2.10. The molecule has 0 aromatic heterocycles. The van der Waals surface area contributed by atoms with E-state index < -0.39 is 5.82 Å². The van der Waals surface area contributed by atoms with Crippen molar-refractivity contribution < 1.29 is 9.18 Å². The molecule has 3 heteroatoms. The number of hydrogen-bond acceptors (Lipinski definition) is 1. The lowest BCUT2D eigenvalue weighted by molar-refractivity contribution is 0.0992. The van der Waals surface area contributed by atoms with Gasteiger partial charge in [-0.2, -0.15) is 0 Å². The van der Waals surface area contributed by atoms with E-state index in [9.17, 15) is 9.18 Å². The van der Waals surface area contributed by atoms with Crippen LogP contribution < -0.4 is 0 Å². The Morgan fingerprint density at radius 1 is 1.15 bits per heavy atom. The van der Waals surface area contributed by atoms with E-state index in [1.54, 1.807) is 12.1 Å². The summed E-state index contributed by atoms with van der Waals surface area (Å²) < 4.78 is 13.8. The third-order valence-electron chi connectivity index (χ3n) is 3.25. The summed E-state index contributed by atoms with van der Waals surface area (Å²) in [6.07, 6.45) is 0.291. The van der Waals surface area contributed by atoms with Gasteiger partial charge in [-0.3, -0.25) is 4.79 Å². The number of Topliss-reactive ketones (excluding diaryl/α,β-unsaturated/α-hetero) is 1. The molecule has 0 heterocycles. The minimum atomic E-state index is -0.411. The largest absolute Gasteiger partial charge is 0.294 e. The van der Waals surface area contributed by atoms with Crippen molar-refractivity contribution >= 4 is 21.7 Å². The first-order valence-corrected chi connectivity index (χ1v) is 7.33. The molecule has 0 atom stereocenters. The molecule has 0 saturated heterocycles. The van der Waals surface area contributed by atoms with Crippen LogP contribution in [0.1, 0.15) is 41.3 Å². The van der Waals surface area contributed by atoms with Gasteiger partial charge in [-0.1, -0.05) is 44.2 Å². The van der Waals surface area contributed by atoms with Crippen LogP contribution in [-0.2, 0) is 6.42 Å². The van der Waals surface area contributed by atoms with Gasteiger partial charge in [0.05, 0.1) is 4.47 Å². The molecule has 0 saturated carbocycles. The molecule has 2 aromatic rings. The van der Waals surface area contributed by atoms with Crippen LogP contribution in [-0.4, -0.2) is 5.78 Å². The van der Waals surface area contributed by atoms with Crippen molar-refractivity contribution in [1.82, 2.24) is 0 Å². The van der Waals surface area contributed by atoms with Gasteiger partial charge in [-0.05, 0) is 45.1 Å². The van der Waals surface area contributed by atoms with Crippen molar-refractivity contribution in [1.29, 1.82) is 0 Å². The molecule has 0 fully saturated rings. The van der Waals surface area contributed by atoms with Crippen LogP contribution in [0.5, 0.6) is 0 Å². The molecule has 0 aliphatic heterocycles. The SMILES string of the molecule is CC(C)c1ccc(CC(=O)c2ccc(Br)c(F)c2)cc1. The van der Waals surface area contributed by atoms with Gasteiger partial charge in [0, 0.05) is 12.0 Å². The second-order valence-electron chi connectivity index (χ2n) is 5.13. The Bertz CT molecular complexity index is 617. The van der Waals surface area contributed by atoms with Crippen LogP contribution in [0.3, 0.4) is 0 Å². The Labute approximate surface area is 127 Å². The summed E-state index contributed by atoms with van der Waals surface area (Å²) in [6.45, 7) is 4.26. The van der Waals surface area contributed by atoms with Crippen LogP contribution >= 0.6 is 15.9 Å². The first kappa shape index (κ1) is 14.9. The molecule has 0 aliphatic carbocycles. The number of rotatable bonds is 4. The summed E-state index contributed by atoms with van der Waals surface area (Å²) in [7, 11) is 0. The van der Waals surface area contributed by atoms with Gasteiger partial charge in [0.25, 0.3) is 0 Å². The zero-order chi connectivity index (χ0) is 14.7. The Morgan fingerprint density at radius 2 is 1.80 bits per heavy atom. The molecular formula is C17H16BrFO. The fraction of sp³-hybridized carbons (Fsp3) is 0.235. The Kier molecular flexibility index (Phi) is 4.71. The highest BCUT2D eigenvalue weighted by Crippen LogP contribution is 2.19. The third-order valence-corrected chi connectivity index (χ3v) is 3.90. The number of carbonyl (C=O) groups is 1. The molecule has 0 spiro atoms. The predicted octanol–water partition coefficient (Wildman–Crippen LogP) is 5.14. The molecule has 0 bridgehead atoms. The molecular weight excluding hydrogens is 319 g/mol. The number of halogens is 2. The van der Waals surface area contributed by atoms with Crippen molar-refractivity contribution in [3.8, 4) is 0 Å². The molecule has 0 radical (unpaired) electrons. The summed E-state index contributed by atoms with van der Waals surface area (Å²) in [5.74, 6) is -0.0139. The Balaban J connectivity index is 2.12. The minimum absolute atomic E-state index is 0.0753. The zero-order valence-corrected chi connectivity index (χ0v) is 13.1. The van der Waals surface area contributed by atoms with Gasteiger partial charge < -0.3 is 0 Å². The number of ketones is 1. The number of carbonyl (C=O) groups excluding carboxylic acids is 1. The summed E-state index contributed by atoms with van der Waals surface area (Å²) in [5.41, 5.74) is 2.59. The van der Waals surface area contributed by atoms with Gasteiger partial charge in [-0.25, -0.2) is 4.39 Å². The van der Waals surface area contributed by atoms with Crippen molar-refractivity contribution in [2.24, 2.45) is 0 Å². The fourth-order valence-electron chi connectivity index (χ4n) is 1.98. The van der Waals surface area contributed by atoms with Gasteiger partial charge in [-0.15, -0.1) is 0 Å². The lowest BCUT2D eigenvalue weighted by atomic mass is 9.98. The summed E-state index contributed by atoms with van der Waals surface area (Å²) >= 11 is 3.08. The van der Waals surface area contributed by atoms with Gasteiger partial charge in [0.1, 0.15) is 5.82 Å². The predicted molar refractivity (Wildman–Crippen MR) is 82.7 cm³/mol. The van der Waals surface area contributed by atoms with E-state index in [0.29, 0.717) is 22.4 Å². The normalized spacial score (nSPS) is 10.8. The highest BCUT2D eigenvalue weighted by atomic mass is 79.9. The van der Waals surface area contributed by atoms with Crippen LogP contribution in [0, 0.1) is 5.82 Å². The maximum atomic E-state index is 13.4. The topological polar surface area (TPSA) is 17.1 Å². The van der Waals surface area contributed by atoms with Crippen molar-refractivity contribution in [2.45, 2.75) is 26.2 Å². The Hall–Kier alpha value is -1.48. The lowest BCUT2D eigenvalue weighted by Crippen LogP contribution is -2.04. The van der Waals surface area contributed by atoms with Crippen molar-refractivity contribution in [3.05, 3.63) is 69.4 Å². The van der Waals surface area contributed by atoms with Crippen molar-refractivity contribution in [2.75, 3.05) is 0 Å². The first-order valence-electron chi connectivity index (χ1n) is 6.54.